The van der Waals surface area contributed by atoms with Gasteiger partial charge in [-0.25, -0.2) is 9.98 Å². The number of rotatable bonds is 8. The molecule has 31 heavy (non-hydrogen) atoms. The van der Waals surface area contributed by atoms with Gasteiger partial charge in [-0.3, -0.25) is 4.98 Å². The Labute approximate surface area is 184 Å². The fraction of sp³-hybridized carbons (Fsp3) is 0.375. The van der Waals surface area contributed by atoms with Gasteiger partial charge in [-0.2, -0.15) is 0 Å². The topological polar surface area (TPSA) is 84.6 Å². The van der Waals surface area contributed by atoms with Crippen LogP contribution >= 0.6 is 0 Å². The van der Waals surface area contributed by atoms with E-state index in [-0.39, 0.29) is 5.41 Å². The Kier molecular flexibility index (Phi) is 7.65. The summed E-state index contributed by atoms with van der Waals surface area (Å²) in [5.41, 5.74) is 1.93. The van der Waals surface area contributed by atoms with Crippen molar-refractivity contribution in [2.24, 2.45) is 4.99 Å². The molecule has 0 aliphatic heterocycles. The quantitative estimate of drug-likeness (QED) is 0.419. The summed E-state index contributed by atoms with van der Waals surface area (Å²) >= 11 is 0. The van der Waals surface area contributed by atoms with E-state index >= 15 is 0 Å². The molecule has 3 rings (SSSR count). The Morgan fingerprint density at radius 1 is 1.06 bits per heavy atom. The van der Waals surface area contributed by atoms with Gasteiger partial charge in [0, 0.05) is 18.2 Å². The summed E-state index contributed by atoms with van der Waals surface area (Å²) in [5, 5.41) is 6.52. The van der Waals surface area contributed by atoms with E-state index in [2.05, 4.69) is 46.4 Å². The van der Waals surface area contributed by atoms with Crippen molar-refractivity contribution >= 4 is 5.96 Å². The highest BCUT2D eigenvalue weighted by Gasteiger charge is 2.19. The van der Waals surface area contributed by atoms with Crippen LogP contribution in [0.25, 0.3) is 0 Å². The van der Waals surface area contributed by atoms with Gasteiger partial charge < -0.3 is 19.8 Å². The first kappa shape index (κ1) is 22.3. The van der Waals surface area contributed by atoms with Crippen LogP contribution in [0.1, 0.15) is 50.6 Å². The first-order valence-electron chi connectivity index (χ1n) is 10.5. The molecular weight excluding hydrogens is 390 g/mol. The van der Waals surface area contributed by atoms with Crippen molar-refractivity contribution in [2.75, 3.05) is 6.54 Å². The molecule has 0 aliphatic rings. The molecule has 2 N–H and O–H groups in total. The summed E-state index contributed by atoms with van der Waals surface area (Å²) in [6.45, 7) is 10.6. The maximum Gasteiger partial charge on any atom is 0.213 e. The van der Waals surface area contributed by atoms with Gasteiger partial charge in [-0.05, 0) is 36.8 Å². The zero-order valence-electron chi connectivity index (χ0n) is 18.7. The van der Waals surface area contributed by atoms with Crippen LogP contribution in [-0.2, 0) is 25.1 Å². The van der Waals surface area contributed by atoms with Crippen molar-refractivity contribution in [1.29, 1.82) is 0 Å². The Hall–Kier alpha value is -3.35. The molecule has 164 valence electrons. The van der Waals surface area contributed by atoms with E-state index in [0.29, 0.717) is 31.5 Å². The van der Waals surface area contributed by atoms with E-state index in [1.165, 1.54) is 0 Å². The highest BCUT2D eigenvalue weighted by molar-refractivity contribution is 5.79. The fourth-order valence-electron chi connectivity index (χ4n) is 2.74. The molecule has 7 heteroatoms. The zero-order valence-corrected chi connectivity index (χ0v) is 18.7. The van der Waals surface area contributed by atoms with E-state index in [0.717, 1.165) is 29.3 Å². The second kappa shape index (κ2) is 10.6. The number of nitrogens with one attached hydrogen (secondary N) is 2. The van der Waals surface area contributed by atoms with Gasteiger partial charge in [0.25, 0.3) is 0 Å². The van der Waals surface area contributed by atoms with E-state index in [1.54, 1.807) is 12.4 Å². The Morgan fingerprint density at radius 2 is 1.87 bits per heavy atom. The largest absolute Gasteiger partial charge is 0.487 e. The molecule has 0 saturated heterocycles. The Morgan fingerprint density at radius 3 is 2.52 bits per heavy atom. The number of aromatic nitrogens is 2. The van der Waals surface area contributed by atoms with Crippen LogP contribution in [0.3, 0.4) is 0 Å². The third-order valence-corrected chi connectivity index (χ3v) is 4.50. The van der Waals surface area contributed by atoms with Crippen LogP contribution in [0.15, 0.2) is 64.3 Å². The molecule has 0 amide bonds. The number of benzene rings is 1. The molecule has 7 nitrogen and oxygen atoms in total. The second-order valence-electron chi connectivity index (χ2n) is 8.17. The number of guanidine groups is 1. The van der Waals surface area contributed by atoms with Gasteiger partial charge in [0.15, 0.2) is 5.96 Å². The molecule has 0 radical (unpaired) electrons. The molecular formula is C24H31N5O2. The predicted octanol–water partition coefficient (Wildman–Crippen LogP) is 4.20. The third kappa shape index (κ3) is 7.13. The standard InChI is InChI=1S/C24H31N5O2/c1-5-25-23(29-16-22-27-15-21(31-22)24(2,3)4)28-14-18-9-11-20(12-10-18)30-17-19-8-6-7-13-26-19/h6-13,15H,5,14,16-17H2,1-4H3,(H2,25,28,29). The number of ether oxygens (including phenoxy) is 1. The van der Waals surface area contributed by atoms with E-state index in [4.69, 9.17) is 9.15 Å². The van der Waals surface area contributed by atoms with Crippen LogP contribution in [-0.4, -0.2) is 22.5 Å². The average molecular weight is 422 g/mol. The summed E-state index contributed by atoms with van der Waals surface area (Å²) in [4.78, 5) is 13.3. The SMILES string of the molecule is CCNC(=NCc1ccc(OCc2ccccn2)cc1)NCc1ncc(C(C)(C)C)o1. The molecule has 2 aromatic heterocycles. The van der Waals surface area contributed by atoms with Gasteiger partial charge in [0.05, 0.1) is 25.0 Å². The molecule has 0 atom stereocenters. The molecule has 3 aromatic rings. The van der Waals surface area contributed by atoms with E-state index in [9.17, 15) is 0 Å². The molecule has 0 spiro atoms. The lowest BCUT2D eigenvalue weighted by Gasteiger charge is -2.13. The van der Waals surface area contributed by atoms with Crippen molar-refractivity contribution in [3.05, 3.63) is 77.8 Å². The van der Waals surface area contributed by atoms with Crippen molar-refractivity contribution < 1.29 is 9.15 Å². The smallest absolute Gasteiger partial charge is 0.213 e. The van der Waals surface area contributed by atoms with Gasteiger partial charge in [0.2, 0.25) is 5.89 Å². The number of aliphatic imine (C=N–C) groups is 1. The molecule has 1 aromatic carbocycles. The number of oxazole rings is 1. The molecule has 0 aliphatic carbocycles. The van der Waals surface area contributed by atoms with Gasteiger partial charge >= 0.3 is 0 Å². The van der Waals surface area contributed by atoms with Crippen LogP contribution < -0.4 is 15.4 Å². The van der Waals surface area contributed by atoms with E-state index < -0.39 is 0 Å². The van der Waals surface area contributed by atoms with Crippen molar-refractivity contribution in [3.63, 3.8) is 0 Å². The molecule has 2 heterocycles. The lowest BCUT2D eigenvalue weighted by Crippen LogP contribution is -2.36. The first-order chi connectivity index (χ1) is 14.9. The van der Waals surface area contributed by atoms with E-state index in [1.807, 2.05) is 49.4 Å². The van der Waals surface area contributed by atoms with Gasteiger partial charge in [0.1, 0.15) is 18.1 Å². The van der Waals surface area contributed by atoms with Crippen LogP contribution in [0.5, 0.6) is 5.75 Å². The van der Waals surface area contributed by atoms with Crippen molar-refractivity contribution in [2.45, 2.75) is 52.8 Å². The first-order valence-corrected chi connectivity index (χ1v) is 10.5. The lowest BCUT2D eigenvalue weighted by atomic mass is 9.94. The predicted molar refractivity (Wildman–Crippen MR) is 122 cm³/mol. The van der Waals surface area contributed by atoms with Gasteiger partial charge in [-0.15, -0.1) is 0 Å². The summed E-state index contributed by atoms with van der Waals surface area (Å²) in [7, 11) is 0. The van der Waals surface area contributed by atoms with Gasteiger partial charge in [-0.1, -0.05) is 39.0 Å². The number of pyridine rings is 1. The summed E-state index contributed by atoms with van der Waals surface area (Å²) < 4.78 is 11.6. The minimum absolute atomic E-state index is 0.0582. The van der Waals surface area contributed by atoms with Crippen LogP contribution in [0.2, 0.25) is 0 Å². The molecule has 0 saturated carbocycles. The molecule has 0 unspecified atom stereocenters. The minimum atomic E-state index is -0.0582. The minimum Gasteiger partial charge on any atom is -0.487 e. The highest BCUT2D eigenvalue weighted by atomic mass is 16.5. The van der Waals surface area contributed by atoms with Crippen LogP contribution in [0.4, 0.5) is 0 Å². The summed E-state index contributed by atoms with van der Waals surface area (Å²) in [5.74, 6) is 3.04. The number of hydrogen-bond donors (Lipinski definition) is 2. The fourth-order valence-corrected chi connectivity index (χ4v) is 2.74. The average Bonchev–Trinajstić information content (AvgIpc) is 3.25. The molecule has 0 fully saturated rings. The maximum absolute atomic E-state index is 5.83. The Balaban J connectivity index is 1.52. The molecule has 0 bridgehead atoms. The lowest BCUT2D eigenvalue weighted by molar-refractivity contribution is 0.301. The number of nitrogens with zero attached hydrogens (tertiary/aromatic N) is 3. The normalized spacial score (nSPS) is 11.9. The second-order valence-corrected chi connectivity index (χ2v) is 8.17. The highest BCUT2D eigenvalue weighted by Crippen LogP contribution is 2.22. The summed E-state index contributed by atoms with van der Waals surface area (Å²) in [6, 6.07) is 13.7. The third-order valence-electron chi connectivity index (χ3n) is 4.50. The zero-order chi connectivity index (χ0) is 22.1. The monoisotopic (exact) mass is 421 g/mol. The maximum atomic E-state index is 5.83. The summed E-state index contributed by atoms with van der Waals surface area (Å²) in [6.07, 6.45) is 3.56. The number of hydrogen-bond acceptors (Lipinski definition) is 5. The van der Waals surface area contributed by atoms with Crippen LogP contribution in [0, 0.1) is 0 Å². The van der Waals surface area contributed by atoms with Crippen molar-refractivity contribution in [1.82, 2.24) is 20.6 Å². The Bertz CT molecular complexity index is 960. The van der Waals surface area contributed by atoms with Crippen molar-refractivity contribution in [3.8, 4) is 5.75 Å².